The van der Waals surface area contributed by atoms with E-state index in [9.17, 15) is 19.5 Å². The van der Waals surface area contributed by atoms with E-state index >= 15 is 0 Å². The van der Waals surface area contributed by atoms with Crippen LogP contribution in [0.4, 0.5) is 5.69 Å². The van der Waals surface area contributed by atoms with E-state index in [1.54, 1.807) is 0 Å². The molecule has 0 saturated heterocycles. The highest BCUT2D eigenvalue weighted by Crippen LogP contribution is 2.22. The predicted molar refractivity (Wildman–Crippen MR) is 83.8 cm³/mol. The van der Waals surface area contributed by atoms with Crippen molar-refractivity contribution in [2.45, 2.75) is 26.7 Å². The number of primary amides is 1. The standard InChI is InChI=1S/C15H19ClN2O4/c1-3-8(2)6-11(15(21)22)14(20)18-9-4-5-10(13(17)19)12(16)7-9/h4-5,7-8,11H,3,6H2,1-2H3,(H2,17,19)(H,18,20)(H,21,22). The van der Waals surface area contributed by atoms with Gasteiger partial charge in [0, 0.05) is 5.69 Å². The van der Waals surface area contributed by atoms with E-state index in [1.165, 1.54) is 18.2 Å². The van der Waals surface area contributed by atoms with Crippen molar-refractivity contribution in [1.29, 1.82) is 0 Å². The molecule has 2 amide bonds. The third-order valence-corrected chi connectivity index (χ3v) is 3.76. The van der Waals surface area contributed by atoms with Crippen LogP contribution in [0.5, 0.6) is 0 Å². The van der Waals surface area contributed by atoms with Crippen molar-refractivity contribution in [3.8, 4) is 0 Å². The molecule has 2 unspecified atom stereocenters. The minimum absolute atomic E-state index is 0.0964. The Bertz CT molecular complexity index is 589. The molecule has 0 bridgehead atoms. The fraction of sp³-hybridized carbons (Fsp3) is 0.400. The zero-order valence-electron chi connectivity index (χ0n) is 12.4. The second kappa shape index (κ2) is 7.79. The Morgan fingerprint density at radius 3 is 2.45 bits per heavy atom. The lowest BCUT2D eigenvalue weighted by molar-refractivity contribution is -0.146. The summed E-state index contributed by atoms with van der Waals surface area (Å²) in [5, 5.41) is 11.8. The maximum absolute atomic E-state index is 12.1. The van der Waals surface area contributed by atoms with E-state index in [0.717, 1.165) is 6.42 Å². The molecule has 22 heavy (non-hydrogen) atoms. The van der Waals surface area contributed by atoms with Gasteiger partial charge in [-0.15, -0.1) is 0 Å². The molecular weight excluding hydrogens is 308 g/mol. The summed E-state index contributed by atoms with van der Waals surface area (Å²) in [5.74, 6) is -3.48. The first-order valence-corrected chi connectivity index (χ1v) is 7.27. The normalized spacial score (nSPS) is 13.2. The highest BCUT2D eigenvalue weighted by Gasteiger charge is 2.28. The molecule has 0 aromatic heterocycles. The molecule has 0 aliphatic rings. The molecule has 0 spiro atoms. The second-order valence-corrected chi connectivity index (χ2v) is 5.60. The van der Waals surface area contributed by atoms with Gasteiger partial charge in [0.15, 0.2) is 0 Å². The number of carboxylic acid groups (broad SMARTS) is 1. The highest BCUT2D eigenvalue weighted by atomic mass is 35.5. The summed E-state index contributed by atoms with van der Waals surface area (Å²) in [7, 11) is 0. The largest absolute Gasteiger partial charge is 0.481 e. The quantitative estimate of drug-likeness (QED) is 0.669. The number of nitrogens with one attached hydrogen (secondary N) is 1. The minimum atomic E-state index is -1.17. The molecule has 120 valence electrons. The molecule has 0 heterocycles. The van der Waals surface area contributed by atoms with Crippen LogP contribution in [0.25, 0.3) is 0 Å². The molecule has 1 rings (SSSR count). The number of carboxylic acids is 1. The summed E-state index contributed by atoms with van der Waals surface area (Å²) >= 11 is 5.89. The summed E-state index contributed by atoms with van der Waals surface area (Å²) in [5.41, 5.74) is 5.58. The third kappa shape index (κ3) is 4.73. The first-order valence-electron chi connectivity index (χ1n) is 6.89. The molecule has 7 heteroatoms. The van der Waals surface area contributed by atoms with Gasteiger partial charge in [-0.05, 0) is 30.5 Å². The Kier molecular flexibility index (Phi) is 6.37. The fourth-order valence-electron chi connectivity index (χ4n) is 1.91. The number of hydrogen-bond acceptors (Lipinski definition) is 3. The molecule has 0 radical (unpaired) electrons. The monoisotopic (exact) mass is 326 g/mol. The minimum Gasteiger partial charge on any atom is -0.481 e. The molecule has 0 aliphatic carbocycles. The van der Waals surface area contributed by atoms with Gasteiger partial charge in [0.1, 0.15) is 5.92 Å². The van der Waals surface area contributed by atoms with Gasteiger partial charge >= 0.3 is 5.97 Å². The fourth-order valence-corrected chi connectivity index (χ4v) is 2.18. The Labute approximate surface area is 133 Å². The number of amides is 2. The number of hydrogen-bond donors (Lipinski definition) is 3. The Hall–Kier alpha value is -2.08. The molecule has 1 aromatic rings. The smallest absolute Gasteiger partial charge is 0.316 e. The van der Waals surface area contributed by atoms with Crippen LogP contribution < -0.4 is 11.1 Å². The predicted octanol–water partition coefficient (Wildman–Crippen LogP) is 2.51. The van der Waals surface area contributed by atoms with Crippen LogP contribution in [-0.4, -0.2) is 22.9 Å². The van der Waals surface area contributed by atoms with Crippen LogP contribution in [0.15, 0.2) is 18.2 Å². The molecule has 0 fully saturated rings. The topological polar surface area (TPSA) is 109 Å². The summed E-state index contributed by atoms with van der Waals surface area (Å²) in [6.45, 7) is 3.82. The van der Waals surface area contributed by atoms with Crippen LogP contribution in [0.2, 0.25) is 5.02 Å². The molecule has 4 N–H and O–H groups in total. The van der Waals surface area contributed by atoms with Crippen molar-refractivity contribution in [3.63, 3.8) is 0 Å². The molecular formula is C15H19ClN2O4. The first kappa shape index (κ1) is 18.0. The average molecular weight is 327 g/mol. The van der Waals surface area contributed by atoms with E-state index < -0.39 is 23.7 Å². The van der Waals surface area contributed by atoms with Gasteiger partial charge in [-0.2, -0.15) is 0 Å². The lowest BCUT2D eigenvalue weighted by Gasteiger charge is -2.16. The molecule has 2 atom stereocenters. The number of carbonyl (C=O) groups is 3. The van der Waals surface area contributed by atoms with Crippen molar-refractivity contribution >= 4 is 35.1 Å². The Balaban J connectivity index is 2.87. The van der Waals surface area contributed by atoms with Crippen LogP contribution in [0, 0.1) is 11.8 Å². The number of nitrogens with two attached hydrogens (primary N) is 1. The van der Waals surface area contributed by atoms with E-state index in [1.807, 2.05) is 13.8 Å². The number of rotatable bonds is 7. The van der Waals surface area contributed by atoms with Gasteiger partial charge in [-0.1, -0.05) is 31.9 Å². The van der Waals surface area contributed by atoms with Crippen molar-refractivity contribution in [1.82, 2.24) is 0 Å². The summed E-state index contributed by atoms with van der Waals surface area (Å²) in [4.78, 5) is 34.4. The lowest BCUT2D eigenvalue weighted by atomic mass is 9.93. The molecule has 1 aromatic carbocycles. The number of anilines is 1. The van der Waals surface area contributed by atoms with Crippen molar-refractivity contribution in [3.05, 3.63) is 28.8 Å². The molecule has 0 saturated carbocycles. The van der Waals surface area contributed by atoms with Crippen LogP contribution in [0.1, 0.15) is 37.0 Å². The van der Waals surface area contributed by atoms with Crippen molar-refractivity contribution in [2.75, 3.05) is 5.32 Å². The Morgan fingerprint density at radius 1 is 1.36 bits per heavy atom. The second-order valence-electron chi connectivity index (χ2n) is 5.19. The van der Waals surface area contributed by atoms with Crippen molar-refractivity contribution in [2.24, 2.45) is 17.6 Å². The van der Waals surface area contributed by atoms with E-state index in [0.29, 0.717) is 5.69 Å². The number of aliphatic carboxylic acids is 1. The maximum atomic E-state index is 12.1. The van der Waals surface area contributed by atoms with E-state index in [2.05, 4.69) is 5.32 Å². The Morgan fingerprint density at radius 2 is 2.00 bits per heavy atom. The first-order chi connectivity index (χ1) is 10.3. The molecule has 6 nitrogen and oxygen atoms in total. The van der Waals surface area contributed by atoms with Gasteiger partial charge in [0.05, 0.1) is 10.6 Å². The van der Waals surface area contributed by atoms with Crippen LogP contribution in [-0.2, 0) is 9.59 Å². The average Bonchev–Trinajstić information content (AvgIpc) is 2.43. The summed E-state index contributed by atoms with van der Waals surface area (Å²) in [6.07, 6.45) is 1.04. The maximum Gasteiger partial charge on any atom is 0.316 e. The highest BCUT2D eigenvalue weighted by molar-refractivity contribution is 6.34. The summed E-state index contributed by atoms with van der Waals surface area (Å²) < 4.78 is 0. The van der Waals surface area contributed by atoms with Crippen molar-refractivity contribution < 1.29 is 19.5 Å². The van der Waals surface area contributed by atoms with Crippen LogP contribution >= 0.6 is 11.6 Å². The molecule has 0 aliphatic heterocycles. The van der Waals surface area contributed by atoms with Gasteiger partial charge in [0.25, 0.3) is 0 Å². The van der Waals surface area contributed by atoms with Gasteiger partial charge < -0.3 is 16.2 Å². The summed E-state index contributed by atoms with van der Waals surface area (Å²) in [6, 6.07) is 4.19. The third-order valence-electron chi connectivity index (χ3n) is 3.45. The SMILES string of the molecule is CCC(C)CC(C(=O)O)C(=O)Nc1ccc(C(N)=O)c(Cl)c1. The number of benzene rings is 1. The van der Waals surface area contributed by atoms with Gasteiger partial charge in [-0.25, -0.2) is 0 Å². The van der Waals surface area contributed by atoms with Gasteiger partial charge in [0.2, 0.25) is 11.8 Å². The number of carbonyl (C=O) groups excluding carboxylic acids is 2. The number of halogens is 1. The lowest BCUT2D eigenvalue weighted by Crippen LogP contribution is -2.31. The van der Waals surface area contributed by atoms with Gasteiger partial charge in [-0.3, -0.25) is 14.4 Å². The van der Waals surface area contributed by atoms with E-state index in [4.69, 9.17) is 17.3 Å². The van der Waals surface area contributed by atoms with Crippen LogP contribution in [0.3, 0.4) is 0 Å². The zero-order chi connectivity index (χ0) is 16.9. The zero-order valence-corrected chi connectivity index (χ0v) is 13.2. The van der Waals surface area contributed by atoms with E-state index in [-0.39, 0.29) is 22.9 Å².